The first-order valence-corrected chi connectivity index (χ1v) is 11.2. The lowest BCUT2D eigenvalue weighted by molar-refractivity contribution is -0.138. The molecular formula is C19H25N3O6S. The molecule has 0 spiro atoms. The van der Waals surface area contributed by atoms with E-state index < -0.39 is 15.9 Å². The van der Waals surface area contributed by atoms with Gasteiger partial charge in [0, 0.05) is 44.6 Å². The monoisotopic (exact) mass is 423 g/mol. The minimum Gasteiger partial charge on any atom is -0.492 e. The van der Waals surface area contributed by atoms with Crippen molar-refractivity contribution >= 4 is 33.4 Å². The van der Waals surface area contributed by atoms with Crippen LogP contribution < -0.4 is 10.1 Å². The molecule has 9 nitrogen and oxygen atoms in total. The lowest BCUT2D eigenvalue weighted by atomic mass is 10.2. The van der Waals surface area contributed by atoms with E-state index in [1.165, 1.54) is 16.4 Å². The molecular weight excluding hydrogens is 398 g/mol. The molecule has 0 bridgehead atoms. The second-order valence-corrected chi connectivity index (χ2v) is 8.85. The maximum Gasteiger partial charge on any atom is 0.246 e. The van der Waals surface area contributed by atoms with Gasteiger partial charge in [0.2, 0.25) is 27.7 Å². The third-order valence-electron chi connectivity index (χ3n) is 4.93. The highest BCUT2D eigenvalue weighted by atomic mass is 32.2. The normalized spacial score (nSPS) is 17.8. The maximum atomic E-state index is 13.0. The molecule has 2 heterocycles. The Kier molecular flexibility index (Phi) is 6.53. The van der Waals surface area contributed by atoms with Crippen LogP contribution in [-0.2, 0) is 24.4 Å². The number of hydrogen-bond acceptors (Lipinski definition) is 6. The first-order chi connectivity index (χ1) is 13.8. The average molecular weight is 423 g/mol. The van der Waals surface area contributed by atoms with Gasteiger partial charge in [-0.25, -0.2) is 8.42 Å². The number of imide groups is 1. The van der Waals surface area contributed by atoms with E-state index in [0.717, 1.165) is 17.7 Å². The number of ether oxygens (including phenoxy) is 1. The number of likely N-dealkylation sites (tertiary alicyclic amines) is 1. The quantitative estimate of drug-likeness (QED) is 0.632. The van der Waals surface area contributed by atoms with Crippen molar-refractivity contribution in [2.45, 2.75) is 43.9 Å². The molecule has 1 aromatic carbocycles. The van der Waals surface area contributed by atoms with Crippen LogP contribution >= 0.6 is 0 Å². The summed E-state index contributed by atoms with van der Waals surface area (Å²) in [7, 11) is -3.73. The maximum absolute atomic E-state index is 13.0. The van der Waals surface area contributed by atoms with Crippen molar-refractivity contribution in [2.24, 2.45) is 0 Å². The van der Waals surface area contributed by atoms with E-state index in [0.29, 0.717) is 25.4 Å². The largest absolute Gasteiger partial charge is 0.492 e. The summed E-state index contributed by atoms with van der Waals surface area (Å²) in [6.07, 6.45) is 1.92. The van der Waals surface area contributed by atoms with Gasteiger partial charge in [0.05, 0.1) is 6.61 Å². The SMILES string of the molecule is CCOc1ccc(NC(=O)CCN2C(=O)CCC2=O)cc1S(=O)(=O)N1CCCC1. The van der Waals surface area contributed by atoms with E-state index in [2.05, 4.69) is 5.32 Å². The molecule has 0 aliphatic carbocycles. The van der Waals surface area contributed by atoms with Crippen LogP contribution in [0.2, 0.25) is 0 Å². The summed E-state index contributed by atoms with van der Waals surface area (Å²) in [5, 5.41) is 2.64. The van der Waals surface area contributed by atoms with Crippen molar-refractivity contribution in [2.75, 3.05) is 31.6 Å². The number of hydrogen-bond donors (Lipinski definition) is 1. The fourth-order valence-electron chi connectivity index (χ4n) is 3.44. The van der Waals surface area contributed by atoms with Gasteiger partial charge < -0.3 is 10.1 Å². The Morgan fingerprint density at radius 2 is 1.79 bits per heavy atom. The van der Waals surface area contributed by atoms with Crippen LogP contribution in [0.4, 0.5) is 5.69 Å². The molecule has 10 heteroatoms. The number of amides is 3. The van der Waals surface area contributed by atoms with Crippen LogP contribution in [0.3, 0.4) is 0 Å². The Morgan fingerprint density at radius 1 is 1.14 bits per heavy atom. The summed E-state index contributed by atoms with van der Waals surface area (Å²) in [5.74, 6) is -0.720. The summed E-state index contributed by atoms with van der Waals surface area (Å²) in [5.41, 5.74) is 0.315. The number of carbonyl (C=O) groups excluding carboxylic acids is 3. The molecule has 3 rings (SSSR count). The molecule has 2 fully saturated rings. The molecule has 2 aliphatic rings. The molecule has 0 aromatic heterocycles. The lowest BCUT2D eigenvalue weighted by Crippen LogP contribution is -2.32. The summed E-state index contributed by atoms with van der Waals surface area (Å²) >= 11 is 0. The van der Waals surface area contributed by atoms with E-state index in [9.17, 15) is 22.8 Å². The fraction of sp³-hybridized carbons (Fsp3) is 0.526. The van der Waals surface area contributed by atoms with Gasteiger partial charge in [-0.1, -0.05) is 0 Å². The van der Waals surface area contributed by atoms with Gasteiger partial charge in [0.1, 0.15) is 10.6 Å². The molecule has 0 radical (unpaired) electrons. The van der Waals surface area contributed by atoms with E-state index in [1.54, 1.807) is 13.0 Å². The zero-order valence-corrected chi connectivity index (χ0v) is 17.2. The number of rotatable bonds is 8. The first-order valence-electron chi connectivity index (χ1n) is 9.73. The Labute approximate surface area is 170 Å². The first kappa shape index (κ1) is 21.3. The lowest BCUT2D eigenvalue weighted by Gasteiger charge is -2.19. The van der Waals surface area contributed by atoms with Gasteiger partial charge in [-0.05, 0) is 38.0 Å². The van der Waals surface area contributed by atoms with E-state index in [-0.39, 0.29) is 48.3 Å². The zero-order valence-electron chi connectivity index (χ0n) is 16.3. The number of nitrogens with zero attached hydrogens (tertiary/aromatic N) is 2. The van der Waals surface area contributed by atoms with Crippen LogP contribution in [0.1, 0.15) is 39.0 Å². The molecule has 2 aliphatic heterocycles. The van der Waals surface area contributed by atoms with Crippen molar-refractivity contribution in [3.8, 4) is 5.75 Å². The van der Waals surface area contributed by atoms with Crippen LogP contribution in [-0.4, -0.2) is 61.6 Å². The van der Waals surface area contributed by atoms with Crippen molar-refractivity contribution in [1.29, 1.82) is 0 Å². The Morgan fingerprint density at radius 3 is 2.41 bits per heavy atom. The molecule has 1 aromatic rings. The van der Waals surface area contributed by atoms with Gasteiger partial charge in [-0.15, -0.1) is 0 Å². The molecule has 2 saturated heterocycles. The molecule has 0 saturated carbocycles. The highest BCUT2D eigenvalue weighted by Gasteiger charge is 2.31. The molecule has 29 heavy (non-hydrogen) atoms. The zero-order chi connectivity index (χ0) is 21.0. The topological polar surface area (TPSA) is 113 Å². The average Bonchev–Trinajstić information content (AvgIpc) is 3.33. The number of carbonyl (C=O) groups is 3. The van der Waals surface area contributed by atoms with Crippen LogP contribution in [0, 0.1) is 0 Å². The number of sulfonamides is 1. The minimum absolute atomic E-state index is 0.0134. The highest BCUT2D eigenvalue weighted by molar-refractivity contribution is 7.89. The molecule has 1 N–H and O–H groups in total. The van der Waals surface area contributed by atoms with Crippen molar-refractivity contribution in [1.82, 2.24) is 9.21 Å². The predicted molar refractivity (Wildman–Crippen MR) is 105 cm³/mol. The second kappa shape index (κ2) is 8.91. The smallest absolute Gasteiger partial charge is 0.246 e. The van der Waals surface area contributed by atoms with Crippen LogP contribution in [0.25, 0.3) is 0 Å². The van der Waals surface area contributed by atoms with Gasteiger partial charge in [-0.3, -0.25) is 19.3 Å². The van der Waals surface area contributed by atoms with Crippen molar-refractivity contribution in [3.05, 3.63) is 18.2 Å². The Bertz CT molecular complexity index is 893. The predicted octanol–water partition coefficient (Wildman–Crippen LogP) is 1.35. The number of anilines is 1. The summed E-state index contributed by atoms with van der Waals surface area (Å²) < 4.78 is 32.9. The standard InChI is InChI=1S/C19H25N3O6S/c1-2-28-15-6-5-14(13-16(15)29(26,27)21-10-3-4-11-21)20-17(23)9-12-22-18(24)7-8-19(22)25/h5-6,13H,2-4,7-12H2,1H3,(H,20,23). The van der Waals surface area contributed by atoms with Crippen LogP contribution in [0.15, 0.2) is 23.1 Å². The summed E-state index contributed by atoms with van der Waals surface area (Å²) in [4.78, 5) is 36.6. The van der Waals surface area contributed by atoms with Gasteiger partial charge in [-0.2, -0.15) is 4.31 Å². The fourth-order valence-corrected chi connectivity index (χ4v) is 5.11. The van der Waals surface area contributed by atoms with Crippen molar-refractivity contribution < 1.29 is 27.5 Å². The molecule has 3 amide bonds. The van der Waals surface area contributed by atoms with Crippen LogP contribution in [0.5, 0.6) is 5.75 Å². The molecule has 0 atom stereocenters. The Hall–Kier alpha value is -2.46. The number of nitrogens with one attached hydrogen (secondary N) is 1. The highest BCUT2D eigenvalue weighted by Crippen LogP contribution is 2.31. The Balaban J connectivity index is 1.73. The molecule has 0 unspecified atom stereocenters. The second-order valence-electron chi connectivity index (χ2n) is 6.94. The summed E-state index contributed by atoms with van der Waals surface area (Å²) in [6.45, 7) is 3.01. The van der Waals surface area contributed by atoms with E-state index in [4.69, 9.17) is 4.74 Å². The van der Waals surface area contributed by atoms with Gasteiger partial charge >= 0.3 is 0 Å². The van der Waals surface area contributed by atoms with Gasteiger partial charge in [0.25, 0.3) is 0 Å². The van der Waals surface area contributed by atoms with Gasteiger partial charge in [0.15, 0.2) is 0 Å². The molecule has 158 valence electrons. The summed E-state index contributed by atoms with van der Waals surface area (Å²) in [6, 6.07) is 4.48. The van der Waals surface area contributed by atoms with E-state index in [1.807, 2.05) is 0 Å². The van der Waals surface area contributed by atoms with E-state index >= 15 is 0 Å². The third kappa shape index (κ3) is 4.76. The van der Waals surface area contributed by atoms with Crippen molar-refractivity contribution in [3.63, 3.8) is 0 Å². The third-order valence-corrected chi connectivity index (χ3v) is 6.85. The minimum atomic E-state index is -3.73. The number of benzene rings is 1.